The summed E-state index contributed by atoms with van der Waals surface area (Å²) in [6.45, 7) is 7.87. The van der Waals surface area contributed by atoms with E-state index in [2.05, 4.69) is 55.9 Å². The molecule has 1 aliphatic rings. The lowest BCUT2D eigenvalue weighted by molar-refractivity contribution is 0.243. The van der Waals surface area contributed by atoms with Gasteiger partial charge in [-0.3, -0.25) is 4.90 Å². The van der Waals surface area contributed by atoms with Crippen molar-refractivity contribution in [2.75, 3.05) is 34.3 Å². The molecule has 1 heterocycles. The van der Waals surface area contributed by atoms with Gasteiger partial charge in [0.25, 0.3) is 0 Å². The fourth-order valence-corrected chi connectivity index (χ4v) is 3.33. The van der Waals surface area contributed by atoms with Gasteiger partial charge in [0, 0.05) is 18.2 Å². The highest BCUT2D eigenvalue weighted by molar-refractivity contribution is 5.38. The van der Waals surface area contributed by atoms with Crippen molar-refractivity contribution in [1.29, 1.82) is 0 Å². The Labute approximate surface area is 136 Å². The number of likely N-dealkylation sites (tertiary alicyclic amines) is 1. The molecule has 0 radical (unpaired) electrons. The van der Waals surface area contributed by atoms with Gasteiger partial charge in [-0.1, -0.05) is 26.0 Å². The molecule has 0 saturated carbocycles. The van der Waals surface area contributed by atoms with Gasteiger partial charge in [0.1, 0.15) is 5.75 Å². The molecule has 3 nitrogen and oxygen atoms in total. The topological polar surface area (TPSA) is 15.7 Å². The molecule has 0 bridgehead atoms. The van der Waals surface area contributed by atoms with Crippen LogP contribution in [0, 0.1) is 0 Å². The first kappa shape index (κ1) is 17.3. The molecule has 1 saturated heterocycles. The Bertz CT molecular complexity index is 471. The first-order chi connectivity index (χ1) is 10.5. The van der Waals surface area contributed by atoms with Gasteiger partial charge in [-0.05, 0) is 64.0 Å². The van der Waals surface area contributed by atoms with E-state index in [0.29, 0.717) is 5.92 Å². The lowest BCUT2D eigenvalue weighted by Gasteiger charge is -2.24. The van der Waals surface area contributed by atoms with Crippen LogP contribution in [0.3, 0.4) is 0 Å². The molecule has 1 atom stereocenters. The number of ether oxygens (including phenoxy) is 1. The highest BCUT2D eigenvalue weighted by Gasteiger charge is 2.19. The Hall–Kier alpha value is -1.06. The monoisotopic (exact) mass is 304 g/mol. The predicted molar refractivity (Wildman–Crippen MR) is 93.7 cm³/mol. The molecule has 3 heteroatoms. The van der Waals surface area contributed by atoms with Gasteiger partial charge in [0.05, 0.1) is 7.11 Å². The molecule has 0 unspecified atom stereocenters. The summed E-state index contributed by atoms with van der Waals surface area (Å²) in [5.41, 5.74) is 2.73. The molecule has 0 N–H and O–H groups in total. The van der Waals surface area contributed by atoms with E-state index in [1.165, 1.54) is 43.5 Å². The Kier molecular flexibility index (Phi) is 6.27. The van der Waals surface area contributed by atoms with E-state index in [1.54, 1.807) is 7.11 Å². The molecule has 0 spiro atoms. The van der Waals surface area contributed by atoms with E-state index in [4.69, 9.17) is 4.74 Å². The first-order valence-corrected chi connectivity index (χ1v) is 8.57. The average Bonchev–Trinajstić information content (AvgIpc) is 2.72. The summed E-state index contributed by atoms with van der Waals surface area (Å²) in [7, 11) is 6.18. The summed E-state index contributed by atoms with van der Waals surface area (Å²) in [4.78, 5) is 4.97. The molecule has 1 aromatic carbocycles. The number of hydrogen-bond acceptors (Lipinski definition) is 3. The second-order valence-electron chi connectivity index (χ2n) is 7.05. The third-order valence-electron chi connectivity index (χ3n) is 4.89. The van der Waals surface area contributed by atoms with Gasteiger partial charge >= 0.3 is 0 Å². The predicted octanol–water partition coefficient (Wildman–Crippen LogP) is 3.73. The van der Waals surface area contributed by atoms with Gasteiger partial charge in [-0.15, -0.1) is 0 Å². The van der Waals surface area contributed by atoms with Gasteiger partial charge in [-0.2, -0.15) is 0 Å². The number of rotatable bonds is 5. The third-order valence-corrected chi connectivity index (χ3v) is 4.89. The largest absolute Gasteiger partial charge is 0.496 e. The van der Waals surface area contributed by atoms with Crippen LogP contribution < -0.4 is 4.74 Å². The van der Waals surface area contributed by atoms with E-state index in [-0.39, 0.29) is 0 Å². The highest BCUT2D eigenvalue weighted by atomic mass is 16.5. The Morgan fingerprint density at radius 1 is 1.23 bits per heavy atom. The maximum Gasteiger partial charge on any atom is 0.123 e. The van der Waals surface area contributed by atoms with Crippen LogP contribution in [0.5, 0.6) is 5.75 Å². The summed E-state index contributed by atoms with van der Waals surface area (Å²) in [6.07, 6.45) is 3.86. The highest BCUT2D eigenvalue weighted by Crippen LogP contribution is 2.26. The standard InChI is InChI=1S/C19H32N2O/c1-15(2)16-8-9-19(22-5)17(13-16)14-21-11-6-7-18(10-12-21)20(3)4/h8-9,13,15,18H,6-7,10-12,14H2,1-5H3/t18-/m0/s1. The fourth-order valence-electron chi connectivity index (χ4n) is 3.33. The molecule has 124 valence electrons. The second kappa shape index (κ2) is 7.98. The van der Waals surface area contributed by atoms with Gasteiger partial charge in [0.15, 0.2) is 0 Å². The normalized spacial score (nSPS) is 20.4. The van der Waals surface area contributed by atoms with Crippen molar-refractivity contribution in [3.05, 3.63) is 29.3 Å². The van der Waals surface area contributed by atoms with Crippen LogP contribution in [-0.4, -0.2) is 50.1 Å². The minimum atomic E-state index is 0.562. The summed E-state index contributed by atoms with van der Waals surface area (Å²) in [6, 6.07) is 7.38. The zero-order valence-corrected chi connectivity index (χ0v) is 14.9. The van der Waals surface area contributed by atoms with Crippen LogP contribution in [0.4, 0.5) is 0 Å². The van der Waals surface area contributed by atoms with Crippen molar-refractivity contribution >= 4 is 0 Å². The number of methoxy groups -OCH3 is 1. The molecular formula is C19H32N2O. The van der Waals surface area contributed by atoms with E-state index in [1.807, 2.05) is 0 Å². The van der Waals surface area contributed by atoms with Crippen molar-refractivity contribution < 1.29 is 4.74 Å². The summed E-state index contributed by atoms with van der Waals surface area (Å²) < 4.78 is 5.58. The van der Waals surface area contributed by atoms with Crippen LogP contribution in [0.1, 0.15) is 50.2 Å². The zero-order valence-electron chi connectivity index (χ0n) is 14.9. The minimum Gasteiger partial charge on any atom is -0.496 e. The SMILES string of the molecule is COc1ccc(C(C)C)cc1CN1CCC[C@H](N(C)C)CC1. The number of hydrogen-bond donors (Lipinski definition) is 0. The molecule has 0 aromatic heterocycles. The minimum absolute atomic E-state index is 0.562. The second-order valence-corrected chi connectivity index (χ2v) is 7.05. The van der Waals surface area contributed by atoms with Crippen LogP contribution in [0.25, 0.3) is 0 Å². The third kappa shape index (κ3) is 4.47. The van der Waals surface area contributed by atoms with E-state index < -0.39 is 0 Å². The van der Waals surface area contributed by atoms with E-state index >= 15 is 0 Å². The molecule has 0 amide bonds. The van der Waals surface area contributed by atoms with Crippen molar-refractivity contribution in [2.24, 2.45) is 0 Å². The Morgan fingerprint density at radius 3 is 2.64 bits per heavy atom. The van der Waals surface area contributed by atoms with Crippen molar-refractivity contribution in [3.8, 4) is 5.75 Å². The fraction of sp³-hybridized carbons (Fsp3) is 0.684. The Morgan fingerprint density at radius 2 is 2.00 bits per heavy atom. The van der Waals surface area contributed by atoms with Crippen LogP contribution >= 0.6 is 0 Å². The lowest BCUT2D eigenvalue weighted by atomic mass is 10.00. The molecule has 22 heavy (non-hydrogen) atoms. The van der Waals surface area contributed by atoms with Crippen molar-refractivity contribution in [2.45, 2.75) is 51.6 Å². The van der Waals surface area contributed by atoms with E-state index in [9.17, 15) is 0 Å². The van der Waals surface area contributed by atoms with Gasteiger partial charge in [0.2, 0.25) is 0 Å². The van der Waals surface area contributed by atoms with Crippen molar-refractivity contribution in [3.63, 3.8) is 0 Å². The molecule has 1 aliphatic heterocycles. The lowest BCUT2D eigenvalue weighted by Crippen LogP contribution is -2.30. The van der Waals surface area contributed by atoms with Gasteiger partial charge < -0.3 is 9.64 Å². The molecule has 2 rings (SSSR count). The van der Waals surface area contributed by atoms with Crippen LogP contribution in [-0.2, 0) is 6.54 Å². The Balaban J connectivity index is 2.07. The molecular weight excluding hydrogens is 272 g/mol. The maximum absolute atomic E-state index is 5.58. The van der Waals surface area contributed by atoms with Crippen molar-refractivity contribution in [1.82, 2.24) is 9.80 Å². The summed E-state index contributed by atoms with van der Waals surface area (Å²) in [5, 5.41) is 0. The van der Waals surface area contributed by atoms with E-state index in [0.717, 1.165) is 18.3 Å². The van der Waals surface area contributed by atoms with Crippen LogP contribution in [0.15, 0.2) is 18.2 Å². The van der Waals surface area contributed by atoms with Gasteiger partial charge in [-0.25, -0.2) is 0 Å². The average molecular weight is 304 g/mol. The van der Waals surface area contributed by atoms with Crippen LogP contribution in [0.2, 0.25) is 0 Å². The molecule has 0 aliphatic carbocycles. The zero-order chi connectivity index (χ0) is 16.1. The smallest absolute Gasteiger partial charge is 0.123 e. The maximum atomic E-state index is 5.58. The number of nitrogens with zero attached hydrogens (tertiary/aromatic N) is 2. The number of benzene rings is 1. The summed E-state index contributed by atoms with van der Waals surface area (Å²) >= 11 is 0. The first-order valence-electron chi connectivity index (χ1n) is 8.57. The summed E-state index contributed by atoms with van der Waals surface area (Å²) in [5.74, 6) is 1.59. The molecule has 1 fully saturated rings. The molecule has 1 aromatic rings. The quantitative estimate of drug-likeness (QED) is 0.824.